The van der Waals surface area contributed by atoms with E-state index in [2.05, 4.69) is 11.8 Å². The molecule has 1 aliphatic rings. The van der Waals surface area contributed by atoms with Crippen LogP contribution in [0, 0.1) is 0 Å². The van der Waals surface area contributed by atoms with E-state index in [1.165, 1.54) is 0 Å². The number of aliphatic hydroxyl groups excluding tert-OH is 1. The fourth-order valence-corrected chi connectivity index (χ4v) is 1.88. The molecule has 1 aliphatic heterocycles. The van der Waals surface area contributed by atoms with Crippen molar-refractivity contribution in [2.75, 3.05) is 40.0 Å². The standard InChI is InChI=1S/C11H23NO3/c1-3-12-6-4-11(5-7-12)15-9-10(13)8-14-2/h10-11,13H,3-9H2,1-2H3. The maximum atomic E-state index is 9.42. The molecule has 90 valence electrons. The first-order valence-corrected chi connectivity index (χ1v) is 5.77. The molecule has 1 atom stereocenters. The summed E-state index contributed by atoms with van der Waals surface area (Å²) in [6.07, 6.45) is 1.99. The highest BCUT2D eigenvalue weighted by Gasteiger charge is 2.19. The Morgan fingerprint density at radius 2 is 2.00 bits per heavy atom. The third-order valence-electron chi connectivity index (χ3n) is 2.87. The van der Waals surface area contributed by atoms with Crippen molar-refractivity contribution in [3.05, 3.63) is 0 Å². The topological polar surface area (TPSA) is 41.9 Å². The quantitative estimate of drug-likeness (QED) is 0.703. The summed E-state index contributed by atoms with van der Waals surface area (Å²) in [5.41, 5.74) is 0. The number of aliphatic hydroxyl groups is 1. The molecule has 0 amide bonds. The average Bonchev–Trinajstić information content (AvgIpc) is 2.27. The first-order valence-electron chi connectivity index (χ1n) is 5.77. The molecule has 4 heteroatoms. The third-order valence-corrected chi connectivity index (χ3v) is 2.87. The van der Waals surface area contributed by atoms with Gasteiger partial charge in [0.2, 0.25) is 0 Å². The van der Waals surface area contributed by atoms with E-state index in [4.69, 9.17) is 9.47 Å². The van der Waals surface area contributed by atoms with E-state index in [-0.39, 0.29) is 0 Å². The Bertz CT molecular complexity index is 158. The molecule has 0 spiro atoms. The molecule has 4 nitrogen and oxygen atoms in total. The van der Waals surface area contributed by atoms with Crippen molar-refractivity contribution in [3.8, 4) is 0 Å². The van der Waals surface area contributed by atoms with Crippen molar-refractivity contribution in [1.82, 2.24) is 4.90 Å². The number of methoxy groups -OCH3 is 1. The van der Waals surface area contributed by atoms with Crippen LogP contribution in [0.3, 0.4) is 0 Å². The van der Waals surface area contributed by atoms with Gasteiger partial charge in [-0.25, -0.2) is 0 Å². The summed E-state index contributed by atoms with van der Waals surface area (Å²) in [6, 6.07) is 0. The second kappa shape index (κ2) is 7.17. The normalized spacial score (nSPS) is 21.8. The Labute approximate surface area is 92.2 Å². The van der Waals surface area contributed by atoms with Gasteiger partial charge in [0.1, 0.15) is 6.10 Å². The maximum absolute atomic E-state index is 9.42. The van der Waals surface area contributed by atoms with Gasteiger partial charge in [0.05, 0.1) is 19.3 Å². The van der Waals surface area contributed by atoms with Crippen molar-refractivity contribution in [2.45, 2.75) is 32.0 Å². The predicted molar refractivity (Wildman–Crippen MR) is 59.0 cm³/mol. The first kappa shape index (κ1) is 12.9. The van der Waals surface area contributed by atoms with Gasteiger partial charge in [-0.2, -0.15) is 0 Å². The van der Waals surface area contributed by atoms with Gasteiger partial charge in [0.25, 0.3) is 0 Å². The highest BCUT2D eigenvalue weighted by atomic mass is 16.5. The van der Waals surface area contributed by atoms with Gasteiger partial charge in [-0.3, -0.25) is 0 Å². The molecule has 15 heavy (non-hydrogen) atoms. The van der Waals surface area contributed by atoms with Gasteiger partial charge < -0.3 is 19.5 Å². The molecule has 1 rings (SSSR count). The van der Waals surface area contributed by atoms with E-state index >= 15 is 0 Å². The molecular formula is C11H23NO3. The summed E-state index contributed by atoms with van der Waals surface area (Å²) in [6.45, 7) is 6.28. The molecule has 0 aromatic heterocycles. The monoisotopic (exact) mass is 217 g/mol. The second-order valence-corrected chi connectivity index (χ2v) is 4.08. The maximum Gasteiger partial charge on any atom is 0.101 e. The molecule has 1 heterocycles. The molecule has 0 aromatic rings. The Hall–Kier alpha value is -0.160. The van der Waals surface area contributed by atoms with E-state index in [1.54, 1.807) is 7.11 Å². The Kier molecular flexibility index (Phi) is 6.17. The number of likely N-dealkylation sites (tertiary alicyclic amines) is 1. The van der Waals surface area contributed by atoms with Gasteiger partial charge in [0, 0.05) is 20.2 Å². The predicted octanol–water partition coefficient (Wildman–Crippen LogP) is 0.495. The lowest BCUT2D eigenvalue weighted by Gasteiger charge is -2.31. The molecule has 0 aliphatic carbocycles. The molecule has 0 saturated carbocycles. The molecule has 0 aromatic carbocycles. The molecule has 1 saturated heterocycles. The Balaban J connectivity index is 2.08. The van der Waals surface area contributed by atoms with E-state index in [0.29, 0.717) is 19.3 Å². The van der Waals surface area contributed by atoms with E-state index in [0.717, 1.165) is 32.5 Å². The zero-order valence-electron chi connectivity index (χ0n) is 9.82. The SMILES string of the molecule is CCN1CCC(OCC(O)COC)CC1. The lowest BCUT2D eigenvalue weighted by molar-refractivity contribution is -0.0531. The first-order chi connectivity index (χ1) is 7.26. The van der Waals surface area contributed by atoms with Crippen LogP contribution in [0.2, 0.25) is 0 Å². The van der Waals surface area contributed by atoms with Crippen LogP contribution in [0.5, 0.6) is 0 Å². The smallest absolute Gasteiger partial charge is 0.101 e. The molecule has 1 fully saturated rings. The van der Waals surface area contributed by atoms with Crippen LogP contribution in [-0.2, 0) is 9.47 Å². The summed E-state index contributed by atoms with van der Waals surface area (Å²) in [7, 11) is 1.59. The van der Waals surface area contributed by atoms with E-state index < -0.39 is 6.10 Å². The van der Waals surface area contributed by atoms with Gasteiger partial charge >= 0.3 is 0 Å². The zero-order valence-corrected chi connectivity index (χ0v) is 9.82. The van der Waals surface area contributed by atoms with Crippen molar-refractivity contribution < 1.29 is 14.6 Å². The average molecular weight is 217 g/mol. The molecule has 1 N–H and O–H groups in total. The summed E-state index contributed by atoms with van der Waals surface area (Å²) in [4.78, 5) is 2.42. The fraction of sp³-hybridized carbons (Fsp3) is 1.00. The van der Waals surface area contributed by atoms with Crippen molar-refractivity contribution in [2.24, 2.45) is 0 Å². The minimum absolute atomic E-state index is 0.319. The number of piperidine rings is 1. The van der Waals surface area contributed by atoms with Crippen LogP contribution in [0.4, 0.5) is 0 Å². The number of ether oxygens (including phenoxy) is 2. The van der Waals surface area contributed by atoms with E-state index in [9.17, 15) is 5.11 Å². The summed E-state index contributed by atoms with van der Waals surface area (Å²) in [5.74, 6) is 0. The summed E-state index contributed by atoms with van der Waals surface area (Å²) in [5, 5.41) is 9.42. The summed E-state index contributed by atoms with van der Waals surface area (Å²) < 4.78 is 10.5. The van der Waals surface area contributed by atoms with Crippen LogP contribution in [0.15, 0.2) is 0 Å². The highest BCUT2D eigenvalue weighted by Crippen LogP contribution is 2.13. The number of hydrogen-bond acceptors (Lipinski definition) is 4. The third kappa shape index (κ3) is 4.93. The lowest BCUT2D eigenvalue weighted by Crippen LogP contribution is -2.38. The van der Waals surface area contributed by atoms with Crippen LogP contribution < -0.4 is 0 Å². The molecular weight excluding hydrogens is 194 g/mol. The Morgan fingerprint density at radius 3 is 2.53 bits per heavy atom. The van der Waals surface area contributed by atoms with Crippen LogP contribution in [0.25, 0.3) is 0 Å². The zero-order chi connectivity index (χ0) is 11.1. The van der Waals surface area contributed by atoms with Crippen molar-refractivity contribution in [1.29, 1.82) is 0 Å². The fourth-order valence-electron chi connectivity index (χ4n) is 1.88. The largest absolute Gasteiger partial charge is 0.388 e. The van der Waals surface area contributed by atoms with Gasteiger partial charge in [-0.05, 0) is 19.4 Å². The molecule has 0 radical (unpaired) electrons. The number of hydrogen-bond donors (Lipinski definition) is 1. The van der Waals surface area contributed by atoms with Gasteiger partial charge in [-0.1, -0.05) is 6.92 Å². The number of nitrogens with zero attached hydrogens (tertiary/aromatic N) is 1. The minimum Gasteiger partial charge on any atom is -0.388 e. The van der Waals surface area contributed by atoms with E-state index in [1.807, 2.05) is 0 Å². The minimum atomic E-state index is -0.487. The van der Waals surface area contributed by atoms with Crippen LogP contribution in [-0.4, -0.2) is 62.2 Å². The summed E-state index contributed by atoms with van der Waals surface area (Å²) >= 11 is 0. The van der Waals surface area contributed by atoms with Gasteiger partial charge in [-0.15, -0.1) is 0 Å². The second-order valence-electron chi connectivity index (χ2n) is 4.08. The molecule has 0 bridgehead atoms. The van der Waals surface area contributed by atoms with Crippen LogP contribution in [0.1, 0.15) is 19.8 Å². The number of rotatable bonds is 6. The van der Waals surface area contributed by atoms with Crippen LogP contribution >= 0.6 is 0 Å². The van der Waals surface area contributed by atoms with Crippen molar-refractivity contribution >= 4 is 0 Å². The van der Waals surface area contributed by atoms with Gasteiger partial charge in [0.15, 0.2) is 0 Å². The molecule has 1 unspecified atom stereocenters. The lowest BCUT2D eigenvalue weighted by atomic mass is 10.1. The highest BCUT2D eigenvalue weighted by molar-refractivity contribution is 4.71. The Morgan fingerprint density at radius 1 is 1.33 bits per heavy atom. The van der Waals surface area contributed by atoms with Crippen molar-refractivity contribution in [3.63, 3.8) is 0 Å².